The number of halogens is 3. The van der Waals surface area contributed by atoms with Gasteiger partial charge in [0.25, 0.3) is 6.43 Å². The second-order valence-electron chi connectivity index (χ2n) is 3.84. The van der Waals surface area contributed by atoms with Gasteiger partial charge in [-0.05, 0) is 25.1 Å². The van der Waals surface area contributed by atoms with Gasteiger partial charge in [-0.25, -0.2) is 13.2 Å². The fourth-order valence-electron chi connectivity index (χ4n) is 1.50. The molecule has 0 saturated carbocycles. The predicted molar refractivity (Wildman–Crippen MR) is 61.3 cm³/mol. The minimum absolute atomic E-state index is 0.00935. The van der Waals surface area contributed by atoms with E-state index in [1.165, 1.54) is 12.1 Å². The first-order valence-electron chi connectivity index (χ1n) is 5.58. The fraction of sp³-hybridized carbons (Fsp3) is 0.500. The molecule has 1 aromatic rings. The minimum atomic E-state index is -2.48. The Bertz CT molecular complexity index is 374. The van der Waals surface area contributed by atoms with Gasteiger partial charge in [0.15, 0.2) is 0 Å². The Morgan fingerprint density at radius 2 is 2.11 bits per heavy atom. The van der Waals surface area contributed by atoms with Gasteiger partial charge in [-0.15, -0.1) is 0 Å². The molecule has 0 heterocycles. The fourth-order valence-corrected chi connectivity index (χ4v) is 1.50. The molecule has 0 aliphatic heterocycles. The van der Waals surface area contributed by atoms with Crippen LogP contribution in [0.3, 0.4) is 0 Å². The Hall–Kier alpha value is -1.27. The highest BCUT2D eigenvalue weighted by atomic mass is 19.3. The second-order valence-corrected chi connectivity index (χ2v) is 3.84. The third kappa shape index (κ3) is 4.93. The van der Waals surface area contributed by atoms with Gasteiger partial charge in [-0.1, -0.05) is 0 Å². The first-order chi connectivity index (χ1) is 8.50. The first-order valence-corrected chi connectivity index (χ1v) is 5.58. The number of phenolic OH excluding ortho intramolecular Hbond substituents is 1. The zero-order chi connectivity index (χ0) is 13.5. The number of benzene rings is 1. The average Bonchev–Trinajstić information content (AvgIpc) is 2.31. The molecule has 102 valence electrons. The molecule has 0 radical (unpaired) electrons. The van der Waals surface area contributed by atoms with Crippen molar-refractivity contribution < 1.29 is 23.0 Å². The van der Waals surface area contributed by atoms with Crippen molar-refractivity contribution in [1.82, 2.24) is 5.32 Å². The largest absolute Gasteiger partial charge is 0.508 e. The Kier molecular flexibility index (Phi) is 5.94. The summed E-state index contributed by atoms with van der Waals surface area (Å²) < 4.78 is 41.2. The van der Waals surface area contributed by atoms with Crippen LogP contribution in [0.4, 0.5) is 13.2 Å². The van der Waals surface area contributed by atoms with E-state index < -0.39 is 18.8 Å². The molecule has 0 saturated heterocycles. The number of ether oxygens (including phenoxy) is 1. The number of hydrogen-bond acceptors (Lipinski definition) is 3. The van der Waals surface area contributed by atoms with Crippen molar-refractivity contribution in [3.05, 3.63) is 29.6 Å². The molecule has 0 spiro atoms. The summed E-state index contributed by atoms with van der Waals surface area (Å²) in [6, 6.07) is 3.37. The van der Waals surface area contributed by atoms with Gasteiger partial charge >= 0.3 is 0 Å². The van der Waals surface area contributed by atoms with Crippen LogP contribution < -0.4 is 5.32 Å². The Balaban J connectivity index is 2.36. The molecule has 0 aliphatic carbocycles. The molecule has 2 N–H and O–H groups in total. The van der Waals surface area contributed by atoms with Gasteiger partial charge in [-0.2, -0.15) is 0 Å². The first kappa shape index (κ1) is 14.8. The Labute approximate surface area is 104 Å². The zero-order valence-corrected chi connectivity index (χ0v) is 10.00. The summed E-state index contributed by atoms with van der Waals surface area (Å²) in [5, 5.41) is 12.5. The molecular formula is C12H16F3NO2. The third-order valence-electron chi connectivity index (χ3n) is 2.40. The van der Waals surface area contributed by atoms with Crippen LogP contribution in [0, 0.1) is 5.82 Å². The third-order valence-corrected chi connectivity index (χ3v) is 2.40. The molecule has 1 unspecified atom stereocenters. The van der Waals surface area contributed by atoms with Crippen molar-refractivity contribution in [3.63, 3.8) is 0 Å². The Morgan fingerprint density at radius 1 is 1.39 bits per heavy atom. The van der Waals surface area contributed by atoms with E-state index >= 15 is 0 Å². The number of rotatable bonds is 7. The summed E-state index contributed by atoms with van der Waals surface area (Å²) >= 11 is 0. The lowest BCUT2D eigenvalue weighted by Crippen LogP contribution is -2.24. The lowest BCUT2D eigenvalue weighted by molar-refractivity contribution is 0.0183. The van der Waals surface area contributed by atoms with E-state index in [9.17, 15) is 18.3 Å². The molecule has 0 amide bonds. The maximum atomic E-state index is 13.0. The van der Waals surface area contributed by atoms with E-state index in [0.29, 0.717) is 12.1 Å². The highest BCUT2D eigenvalue weighted by Crippen LogP contribution is 2.24. The van der Waals surface area contributed by atoms with E-state index in [4.69, 9.17) is 0 Å². The molecule has 0 aliphatic rings. The van der Waals surface area contributed by atoms with Gasteiger partial charge in [0.2, 0.25) is 0 Å². The predicted octanol–water partition coefficient (Wildman–Crippen LogP) is 2.46. The number of alkyl halides is 2. The van der Waals surface area contributed by atoms with Crippen molar-refractivity contribution >= 4 is 0 Å². The summed E-state index contributed by atoms with van der Waals surface area (Å²) in [7, 11) is 0. The molecular weight excluding hydrogens is 247 g/mol. The van der Waals surface area contributed by atoms with Crippen LogP contribution in [-0.4, -0.2) is 31.3 Å². The molecule has 0 aromatic heterocycles. The summed E-state index contributed by atoms with van der Waals surface area (Å²) in [5.41, 5.74) is 0.420. The summed E-state index contributed by atoms with van der Waals surface area (Å²) in [5.74, 6) is -0.449. The van der Waals surface area contributed by atoms with Crippen LogP contribution in [0.15, 0.2) is 18.2 Å². The van der Waals surface area contributed by atoms with Gasteiger partial charge in [0, 0.05) is 18.2 Å². The van der Waals surface area contributed by atoms with Crippen molar-refractivity contribution in [1.29, 1.82) is 0 Å². The quantitative estimate of drug-likeness (QED) is 0.742. The Morgan fingerprint density at radius 3 is 2.78 bits per heavy atom. The lowest BCUT2D eigenvalue weighted by atomic mass is 10.1. The average molecular weight is 263 g/mol. The highest BCUT2D eigenvalue weighted by molar-refractivity contribution is 5.34. The van der Waals surface area contributed by atoms with Crippen molar-refractivity contribution in [2.24, 2.45) is 0 Å². The van der Waals surface area contributed by atoms with E-state index in [1.807, 2.05) is 0 Å². The van der Waals surface area contributed by atoms with Crippen LogP contribution in [0.25, 0.3) is 0 Å². The monoisotopic (exact) mass is 263 g/mol. The molecule has 3 nitrogen and oxygen atoms in total. The molecule has 6 heteroatoms. The molecule has 1 aromatic carbocycles. The summed E-state index contributed by atoms with van der Waals surface area (Å²) in [4.78, 5) is 0. The molecule has 1 atom stereocenters. The van der Waals surface area contributed by atoms with E-state index in [1.54, 1.807) is 6.92 Å². The molecule has 1 rings (SSSR count). The number of nitrogens with one attached hydrogen (secondary N) is 1. The lowest BCUT2D eigenvalue weighted by Gasteiger charge is -2.15. The number of hydrogen-bond donors (Lipinski definition) is 2. The standard InChI is InChI=1S/C12H16F3NO2/c1-8(16-4-5-18-7-12(14)15)10-6-9(13)2-3-11(10)17/h2-3,6,8,12,16-17H,4-5,7H2,1H3. The van der Waals surface area contributed by atoms with Crippen LogP contribution in [0.5, 0.6) is 5.75 Å². The summed E-state index contributed by atoms with van der Waals surface area (Å²) in [6.45, 7) is 1.61. The van der Waals surface area contributed by atoms with E-state index in [2.05, 4.69) is 10.1 Å². The van der Waals surface area contributed by atoms with E-state index in [0.717, 1.165) is 6.07 Å². The number of phenols is 1. The van der Waals surface area contributed by atoms with Gasteiger partial charge < -0.3 is 15.2 Å². The van der Waals surface area contributed by atoms with Crippen LogP contribution in [0.2, 0.25) is 0 Å². The van der Waals surface area contributed by atoms with Crippen molar-refractivity contribution in [3.8, 4) is 5.75 Å². The maximum Gasteiger partial charge on any atom is 0.261 e. The maximum absolute atomic E-state index is 13.0. The van der Waals surface area contributed by atoms with Crippen LogP contribution in [0.1, 0.15) is 18.5 Å². The smallest absolute Gasteiger partial charge is 0.261 e. The van der Waals surface area contributed by atoms with Crippen LogP contribution >= 0.6 is 0 Å². The van der Waals surface area contributed by atoms with Crippen molar-refractivity contribution in [2.45, 2.75) is 19.4 Å². The highest BCUT2D eigenvalue weighted by Gasteiger charge is 2.10. The van der Waals surface area contributed by atoms with Gasteiger partial charge in [0.05, 0.1) is 6.61 Å². The minimum Gasteiger partial charge on any atom is -0.508 e. The summed E-state index contributed by atoms with van der Waals surface area (Å²) in [6.07, 6.45) is -2.48. The normalized spacial score (nSPS) is 12.9. The second kappa shape index (κ2) is 7.23. The molecule has 0 bridgehead atoms. The number of aromatic hydroxyl groups is 1. The SMILES string of the molecule is CC(NCCOCC(F)F)c1cc(F)ccc1O. The van der Waals surface area contributed by atoms with Gasteiger partial charge in [0.1, 0.15) is 18.2 Å². The van der Waals surface area contributed by atoms with E-state index in [-0.39, 0.29) is 18.4 Å². The molecule has 18 heavy (non-hydrogen) atoms. The van der Waals surface area contributed by atoms with Gasteiger partial charge in [-0.3, -0.25) is 0 Å². The van der Waals surface area contributed by atoms with Crippen LogP contribution in [-0.2, 0) is 4.74 Å². The van der Waals surface area contributed by atoms with Crippen molar-refractivity contribution in [2.75, 3.05) is 19.8 Å². The topological polar surface area (TPSA) is 41.5 Å². The zero-order valence-electron chi connectivity index (χ0n) is 10.00. The molecule has 0 fully saturated rings.